The maximum absolute atomic E-state index is 13.0. The van der Waals surface area contributed by atoms with Gasteiger partial charge >= 0.3 is 0 Å². The Labute approximate surface area is 158 Å². The van der Waals surface area contributed by atoms with E-state index >= 15 is 0 Å². The van der Waals surface area contributed by atoms with E-state index in [4.69, 9.17) is 14.2 Å². The highest BCUT2D eigenvalue weighted by atomic mass is 32.2. The summed E-state index contributed by atoms with van der Waals surface area (Å²) in [6.45, 7) is 3.35. The Morgan fingerprint density at radius 2 is 1.89 bits per heavy atom. The van der Waals surface area contributed by atoms with Crippen LogP contribution in [0.1, 0.15) is 5.56 Å². The van der Waals surface area contributed by atoms with E-state index in [1.165, 1.54) is 0 Å². The summed E-state index contributed by atoms with van der Waals surface area (Å²) < 4.78 is 29.2. The number of morpholine rings is 1. The number of para-hydroxylation sites is 1. The molecule has 5 rings (SSSR count). The maximum atomic E-state index is 13.0. The number of ether oxygens (including phenoxy) is 3. The minimum Gasteiger partial charge on any atom is -0.454 e. The Morgan fingerprint density at radius 1 is 1.11 bits per heavy atom. The second-order valence-corrected chi connectivity index (χ2v) is 7.85. The van der Waals surface area contributed by atoms with Crippen LogP contribution in [0.25, 0.3) is 11.0 Å². The van der Waals surface area contributed by atoms with Crippen molar-refractivity contribution in [2.45, 2.75) is 10.9 Å². The van der Waals surface area contributed by atoms with Crippen molar-refractivity contribution in [2.75, 3.05) is 38.0 Å². The molecule has 0 radical (unpaired) electrons. The van der Waals surface area contributed by atoms with Crippen LogP contribution in [0, 0.1) is 0 Å². The standard InChI is InChI=1S/C19H19N3O4S/c23-27(11-13-3-1-2-4-16(13)22-5-7-24-8-6-22)19-20-14-9-17-18(26-12-25-17)10-15(14)21-19/h1-4,9-10H,5-8,11-12H2,(H,20,21). The quantitative estimate of drug-likeness (QED) is 0.743. The van der Waals surface area contributed by atoms with Crippen LogP contribution in [0.5, 0.6) is 11.5 Å². The van der Waals surface area contributed by atoms with Gasteiger partial charge in [-0.05, 0) is 11.6 Å². The number of aromatic nitrogens is 2. The molecule has 140 valence electrons. The third kappa shape index (κ3) is 3.15. The van der Waals surface area contributed by atoms with Crippen molar-refractivity contribution in [3.05, 3.63) is 42.0 Å². The first-order chi connectivity index (χ1) is 13.3. The predicted octanol–water partition coefficient (Wildman–Crippen LogP) is 2.44. The minimum atomic E-state index is -1.29. The second kappa shape index (κ2) is 6.86. The summed E-state index contributed by atoms with van der Waals surface area (Å²) in [5.41, 5.74) is 3.69. The maximum Gasteiger partial charge on any atom is 0.231 e. The van der Waals surface area contributed by atoms with Gasteiger partial charge in [0.2, 0.25) is 6.79 Å². The van der Waals surface area contributed by atoms with Crippen LogP contribution in [-0.2, 0) is 21.3 Å². The van der Waals surface area contributed by atoms with Crippen molar-refractivity contribution < 1.29 is 18.4 Å². The van der Waals surface area contributed by atoms with Gasteiger partial charge in [0.25, 0.3) is 0 Å². The molecule has 0 aliphatic carbocycles. The summed E-state index contributed by atoms with van der Waals surface area (Å²) in [4.78, 5) is 9.95. The summed E-state index contributed by atoms with van der Waals surface area (Å²) in [6.07, 6.45) is 0. The lowest BCUT2D eigenvalue weighted by Gasteiger charge is -2.30. The number of nitrogens with zero attached hydrogens (tertiary/aromatic N) is 2. The summed E-state index contributed by atoms with van der Waals surface area (Å²) in [5.74, 6) is 1.75. The van der Waals surface area contributed by atoms with Crippen molar-refractivity contribution in [1.29, 1.82) is 0 Å². The monoisotopic (exact) mass is 385 g/mol. The predicted molar refractivity (Wildman–Crippen MR) is 102 cm³/mol. The molecule has 2 aliphatic heterocycles. The molecule has 1 fully saturated rings. The van der Waals surface area contributed by atoms with Gasteiger partial charge in [-0.1, -0.05) is 18.2 Å². The fourth-order valence-electron chi connectivity index (χ4n) is 3.44. The number of anilines is 1. The number of hydrogen-bond donors (Lipinski definition) is 1. The van der Waals surface area contributed by atoms with Crippen molar-refractivity contribution in [2.24, 2.45) is 0 Å². The number of nitrogens with one attached hydrogen (secondary N) is 1. The van der Waals surface area contributed by atoms with E-state index in [0.29, 0.717) is 22.4 Å². The Bertz CT molecular complexity index is 972. The number of hydrogen-bond acceptors (Lipinski definition) is 6. The smallest absolute Gasteiger partial charge is 0.231 e. The molecular formula is C19H19N3O4S. The summed E-state index contributed by atoms with van der Waals surface area (Å²) in [7, 11) is -1.29. The summed E-state index contributed by atoms with van der Waals surface area (Å²) in [5, 5.41) is 0.463. The fraction of sp³-hybridized carbons (Fsp3) is 0.316. The van der Waals surface area contributed by atoms with Gasteiger partial charge in [0.05, 0.1) is 40.8 Å². The number of imidazole rings is 1. The molecule has 1 saturated heterocycles. The second-order valence-electron chi connectivity index (χ2n) is 6.48. The molecule has 1 aromatic heterocycles. The largest absolute Gasteiger partial charge is 0.454 e. The SMILES string of the molecule is O=S(Cc1ccccc1N1CCOCC1)c1nc2cc3c(cc2[nH]1)OCO3. The number of H-pyrrole nitrogens is 1. The van der Waals surface area contributed by atoms with E-state index in [0.717, 1.165) is 48.6 Å². The molecule has 1 N–H and O–H groups in total. The van der Waals surface area contributed by atoms with Crippen molar-refractivity contribution in [3.63, 3.8) is 0 Å². The van der Waals surface area contributed by atoms with Gasteiger partial charge in [0.15, 0.2) is 16.7 Å². The van der Waals surface area contributed by atoms with Crippen LogP contribution in [0.2, 0.25) is 0 Å². The molecule has 2 aliphatic rings. The number of rotatable bonds is 4. The molecule has 8 heteroatoms. The average molecular weight is 385 g/mol. The first-order valence-electron chi connectivity index (χ1n) is 8.86. The Hall–Kier alpha value is -2.58. The van der Waals surface area contributed by atoms with E-state index < -0.39 is 10.8 Å². The lowest BCUT2D eigenvalue weighted by molar-refractivity contribution is 0.122. The topological polar surface area (TPSA) is 76.7 Å². The number of benzene rings is 2. The fourth-order valence-corrected chi connectivity index (χ4v) is 4.53. The molecule has 27 heavy (non-hydrogen) atoms. The molecule has 1 atom stereocenters. The zero-order valence-electron chi connectivity index (χ0n) is 14.6. The van der Waals surface area contributed by atoms with E-state index in [2.05, 4.69) is 20.9 Å². The van der Waals surface area contributed by atoms with Gasteiger partial charge in [-0.2, -0.15) is 0 Å². The van der Waals surface area contributed by atoms with Gasteiger partial charge < -0.3 is 24.1 Å². The van der Waals surface area contributed by atoms with Gasteiger partial charge in [-0.25, -0.2) is 4.98 Å². The normalized spacial score (nSPS) is 17.4. The van der Waals surface area contributed by atoms with Crippen molar-refractivity contribution in [1.82, 2.24) is 9.97 Å². The van der Waals surface area contributed by atoms with Crippen LogP contribution in [0.4, 0.5) is 5.69 Å². The Kier molecular flexibility index (Phi) is 4.21. The number of fused-ring (bicyclic) bond motifs is 2. The highest BCUT2D eigenvalue weighted by Gasteiger charge is 2.20. The van der Waals surface area contributed by atoms with Gasteiger partial charge in [-0.15, -0.1) is 0 Å². The van der Waals surface area contributed by atoms with Crippen LogP contribution in [0.15, 0.2) is 41.6 Å². The lowest BCUT2D eigenvalue weighted by Crippen LogP contribution is -2.36. The van der Waals surface area contributed by atoms with Crippen LogP contribution in [0.3, 0.4) is 0 Å². The third-order valence-electron chi connectivity index (χ3n) is 4.80. The molecule has 0 amide bonds. The van der Waals surface area contributed by atoms with E-state index in [1.54, 1.807) is 0 Å². The minimum absolute atomic E-state index is 0.221. The highest BCUT2D eigenvalue weighted by Crippen LogP contribution is 2.35. The Balaban J connectivity index is 1.41. The molecule has 3 heterocycles. The van der Waals surface area contributed by atoms with Crippen molar-refractivity contribution >= 4 is 27.5 Å². The third-order valence-corrected chi connectivity index (χ3v) is 6.00. The molecule has 2 aromatic carbocycles. The van der Waals surface area contributed by atoms with E-state index in [9.17, 15) is 4.21 Å². The van der Waals surface area contributed by atoms with E-state index in [1.807, 2.05) is 30.3 Å². The molecule has 0 saturated carbocycles. The lowest BCUT2D eigenvalue weighted by atomic mass is 10.1. The molecular weight excluding hydrogens is 366 g/mol. The van der Waals surface area contributed by atoms with E-state index in [-0.39, 0.29) is 6.79 Å². The van der Waals surface area contributed by atoms with Crippen LogP contribution in [-0.4, -0.2) is 47.3 Å². The van der Waals surface area contributed by atoms with Gasteiger partial charge in [0, 0.05) is 30.9 Å². The molecule has 0 bridgehead atoms. The average Bonchev–Trinajstić information content (AvgIpc) is 3.33. The first kappa shape index (κ1) is 16.6. The summed E-state index contributed by atoms with van der Waals surface area (Å²) in [6, 6.07) is 11.8. The molecule has 1 unspecified atom stereocenters. The van der Waals surface area contributed by atoms with Crippen LogP contribution < -0.4 is 14.4 Å². The van der Waals surface area contributed by atoms with Gasteiger partial charge in [-0.3, -0.25) is 4.21 Å². The molecule has 0 spiro atoms. The zero-order valence-corrected chi connectivity index (χ0v) is 15.5. The Morgan fingerprint density at radius 3 is 2.74 bits per heavy atom. The van der Waals surface area contributed by atoms with Gasteiger partial charge in [0.1, 0.15) is 0 Å². The van der Waals surface area contributed by atoms with Crippen LogP contribution >= 0.6 is 0 Å². The zero-order chi connectivity index (χ0) is 18.2. The highest BCUT2D eigenvalue weighted by molar-refractivity contribution is 7.84. The first-order valence-corrected chi connectivity index (χ1v) is 10.2. The summed E-state index contributed by atoms with van der Waals surface area (Å²) >= 11 is 0. The molecule has 3 aromatic rings. The van der Waals surface area contributed by atoms with Crippen molar-refractivity contribution in [3.8, 4) is 11.5 Å². The molecule has 7 nitrogen and oxygen atoms in total. The number of aromatic amines is 1.